The van der Waals surface area contributed by atoms with Crippen molar-refractivity contribution in [3.05, 3.63) is 35.4 Å². The van der Waals surface area contributed by atoms with Crippen LogP contribution >= 0.6 is 0 Å². The molecule has 116 valence electrons. The molecule has 0 aliphatic carbocycles. The van der Waals surface area contributed by atoms with E-state index in [0.717, 1.165) is 30.6 Å². The third kappa shape index (κ3) is 5.14. The zero-order valence-electron chi connectivity index (χ0n) is 13.0. The lowest BCUT2D eigenvalue weighted by molar-refractivity contribution is 0.0945. The number of nitrogens with zero attached hydrogens (tertiary/aromatic N) is 1. The topological polar surface area (TPSA) is 58.4 Å². The molecule has 1 aliphatic rings. The Kier molecular flexibility index (Phi) is 6.21. The summed E-state index contributed by atoms with van der Waals surface area (Å²) >= 11 is 0. The number of hydrogen-bond donors (Lipinski definition) is 2. The number of hydrogen-bond acceptors (Lipinski definition) is 3. The van der Waals surface area contributed by atoms with Crippen molar-refractivity contribution in [1.29, 1.82) is 0 Å². The summed E-state index contributed by atoms with van der Waals surface area (Å²) in [6.07, 6.45) is 3.44. The van der Waals surface area contributed by atoms with Gasteiger partial charge >= 0.3 is 0 Å². The van der Waals surface area contributed by atoms with Crippen molar-refractivity contribution in [1.82, 2.24) is 10.2 Å². The number of benzene rings is 1. The number of rotatable bonds is 7. The fourth-order valence-corrected chi connectivity index (χ4v) is 2.87. The zero-order valence-corrected chi connectivity index (χ0v) is 13.0. The van der Waals surface area contributed by atoms with E-state index in [2.05, 4.69) is 17.1 Å². The van der Waals surface area contributed by atoms with Gasteiger partial charge in [0.2, 0.25) is 0 Å². The molecule has 1 heterocycles. The minimum Gasteiger partial charge on any atom is -0.352 e. The lowest BCUT2D eigenvalue weighted by Gasteiger charge is -2.20. The van der Waals surface area contributed by atoms with Crippen LogP contribution < -0.4 is 11.1 Å². The van der Waals surface area contributed by atoms with Crippen molar-refractivity contribution < 1.29 is 4.79 Å². The van der Waals surface area contributed by atoms with E-state index in [1.165, 1.54) is 25.9 Å². The van der Waals surface area contributed by atoms with Crippen LogP contribution in [0.3, 0.4) is 0 Å². The van der Waals surface area contributed by atoms with Gasteiger partial charge in [-0.2, -0.15) is 0 Å². The van der Waals surface area contributed by atoms with Gasteiger partial charge in [0.1, 0.15) is 0 Å². The van der Waals surface area contributed by atoms with Crippen LogP contribution in [0, 0.1) is 5.92 Å². The third-order valence-corrected chi connectivity index (χ3v) is 4.00. The molecular weight excluding hydrogens is 262 g/mol. The van der Waals surface area contributed by atoms with Crippen LogP contribution in [0.2, 0.25) is 0 Å². The van der Waals surface area contributed by atoms with E-state index in [1.54, 1.807) is 0 Å². The molecule has 2 rings (SSSR count). The molecule has 21 heavy (non-hydrogen) atoms. The number of carbonyl (C=O) groups is 1. The van der Waals surface area contributed by atoms with Crippen molar-refractivity contribution in [2.45, 2.75) is 26.2 Å². The van der Waals surface area contributed by atoms with Crippen LogP contribution in [0.1, 0.15) is 35.7 Å². The molecule has 1 unspecified atom stereocenters. The van der Waals surface area contributed by atoms with E-state index in [4.69, 9.17) is 5.73 Å². The predicted molar refractivity (Wildman–Crippen MR) is 86.4 cm³/mol. The first-order chi connectivity index (χ1) is 10.2. The Morgan fingerprint density at radius 1 is 1.38 bits per heavy atom. The lowest BCUT2D eigenvalue weighted by atomic mass is 10.1. The number of amides is 1. The van der Waals surface area contributed by atoms with E-state index in [-0.39, 0.29) is 5.91 Å². The van der Waals surface area contributed by atoms with Gasteiger partial charge in [-0.15, -0.1) is 0 Å². The lowest BCUT2D eigenvalue weighted by Crippen LogP contribution is -2.34. The van der Waals surface area contributed by atoms with Crippen LogP contribution in [0.4, 0.5) is 0 Å². The normalized spacial score (nSPS) is 16.9. The summed E-state index contributed by atoms with van der Waals surface area (Å²) in [4.78, 5) is 14.7. The Morgan fingerprint density at radius 2 is 2.14 bits per heavy atom. The maximum absolute atomic E-state index is 12.2. The van der Waals surface area contributed by atoms with Crippen LogP contribution in [-0.2, 0) is 6.42 Å². The molecule has 0 saturated carbocycles. The summed E-state index contributed by atoms with van der Waals surface area (Å²) < 4.78 is 0. The van der Waals surface area contributed by atoms with Gasteiger partial charge in [-0.3, -0.25) is 4.79 Å². The van der Waals surface area contributed by atoms with E-state index in [9.17, 15) is 4.79 Å². The summed E-state index contributed by atoms with van der Waals surface area (Å²) in [7, 11) is 0. The van der Waals surface area contributed by atoms with E-state index >= 15 is 0 Å². The van der Waals surface area contributed by atoms with Crippen molar-refractivity contribution >= 4 is 5.91 Å². The summed E-state index contributed by atoms with van der Waals surface area (Å²) in [5, 5.41) is 3.05. The molecule has 0 bridgehead atoms. The summed E-state index contributed by atoms with van der Waals surface area (Å²) in [6.45, 7) is 7.03. The number of nitrogens with one attached hydrogen (secondary N) is 1. The van der Waals surface area contributed by atoms with E-state index in [0.29, 0.717) is 12.5 Å². The highest BCUT2D eigenvalue weighted by atomic mass is 16.1. The predicted octanol–water partition coefficient (Wildman–Crippen LogP) is 1.65. The van der Waals surface area contributed by atoms with Gasteiger partial charge in [-0.1, -0.05) is 19.1 Å². The molecule has 1 saturated heterocycles. The molecule has 4 nitrogen and oxygen atoms in total. The molecule has 4 heteroatoms. The zero-order chi connectivity index (χ0) is 15.1. The molecule has 1 fully saturated rings. The summed E-state index contributed by atoms with van der Waals surface area (Å²) in [5.74, 6) is 0.501. The first-order valence-electron chi connectivity index (χ1n) is 7.98. The second kappa shape index (κ2) is 8.15. The number of nitrogens with two attached hydrogens (primary N) is 1. The fraction of sp³-hybridized carbons (Fsp3) is 0.588. The maximum atomic E-state index is 12.2. The van der Waals surface area contributed by atoms with Crippen LogP contribution in [0.15, 0.2) is 24.3 Å². The largest absolute Gasteiger partial charge is 0.352 e. The molecule has 0 spiro atoms. The highest BCUT2D eigenvalue weighted by Gasteiger charge is 2.15. The summed E-state index contributed by atoms with van der Waals surface area (Å²) in [5.41, 5.74) is 7.41. The Hall–Kier alpha value is -1.39. The average Bonchev–Trinajstić information content (AvgIpc) is 2.98. The molecule has 1 amide bonds. The Morgan fingerprint density at radius 3 is 2.86 bits per heavy atom. The molecule has 0 radical (unpaired) electrons. The highest BCUT2D eigenvalue weighted by Crippen LogP contribution is 2.10. The summed E-state index contributed by atoms with van der Waals surface area (Å²) in [6, 6.07) is 7.74. The quantitative estimate of drug-likeness (QED) is 0.802. The molecule has 1 aliphatic heterocycles. The second-order valence-electron chi connectivity index (χ2n) is 6.06. The van der Waals surface area contributed by atoms with Crippen molar-refractivity contribution in [3.8, 4) is 0 Å². The smallest absolute Gasteiger partial charge is 0.251 e. The average molecular weight is 289 g/mol. The van der Waals surface area contributed by atoms with Gasteiger partial charge < -0.3 is 16.0 Å². The second-order valence-corrected chi connectivity index (χ2v) is 6.06. The molecule has 1 atom stereocenters. The first kappa shape index (κ1) is 16.0. The van der Waals surface area contributed by atoms with E-state index < -0.39 is 0 Å². The van der Waals surface area contributed by atoms with Crippen LogP contribution in [-0.4, -0.2) is 43.5 Å². The van der Waals surface area contributed by atoms with Crippen molar-refractivity contribution in [3.63, 3.8) is 0 Å². The maximum Gasteiger partial charge on any atom is 0.251 e. The van der Waals surface area contributed by atoms with Gasteiger partial charge in [0.25, 0.3) is 5.91 Å². The number of carbonyl (C=O) groups excluding carboxylic acids is 1. The SMILES string of the molecule is CC(CNC(=O)c1cccc(CCN)c1)CN1CCCC1. The highest BCUT2D eigenvalue weighted by molar-refractivity contribution is 5.94. The van der Waals surface area contributed by atoms with Gasteiger partial charge in [0, 0.05) is 18.7 Å². The van der Waals surface area contributed by atoms with Crippen molar-refractivity contribution in [2.24, 2.45) is 11.7 Å². The Bertz CT molecular complexity index is 455. The Balaban J connectivity index is 1.79. The molecule has 1 aromatic rings. The molecular formula is C17H27N3O. The van der Waals surface area contributed by atoms with Gasteiger partial charge in [-0.25, -0.2) is 0 Å². The minimum absolute atomic E-state index is 0.0159. The molecule has 3 N–H and O–H groups in total. The number of likely N-dealkylation sites (tertiary alicyclic amines) is 1. The fourth-order valence-electron chi connectivity index (χ4n) is 2.87. The van der Waals surface area contributed by atoms with Crippen LogP contribution in [0.25, 0.3) is 0 Å². The van der Waals surface area contributed by atoms with Gasteiger partial charge in [0.15, 0.2) is 0 Å². The van der Waals surface area contributed by atoms with Gasteiger partial charge in [0.05, 0.1) is 0 Å². The van der Waals surface area contributed by atoms with Crippen molar-refractivity contribution in [2.75, 3.05) is 32.7 Å². The first-order valence-corrected chi connectivity index (χ1v) is 7.98. The Labute approximate surface area is 127 Å². The molecule has 1 aromatic carbocycles. The minimum atomic E-state index is 0.0159. The third-order valence-electron chi connectivity index (χ3n) is 4.00. The standard InChI is InChI=1S/C17H27N3O/c1-14(13-20-9-2-3-10-20)12-19-17(21)16-6-4-5-15(11-16)7-8-18/h4-6,11,14H,2-3,7-10,12-13,18H2,1H3,(H,19,21). The van der Waals surface area contributed by atoms with E-state index in [1.807, 2.05) is 24.3 Å². The monoisotopic (exact) mass is 289 g/mol. The van der Waals surface area contributed by atoms with Crippen LogP contribution in [0.5, 0.6) is 0 Å². The van der Waals surface area contributed by atoms with Gasteiger partial charge in [-0.05, 0) is 62.5 Å². The molecule has 0 aromatic heterocycles.